The van der Waals surface area contributed by atoms with E-state index < -0.39 is 10.0 Å². The van der Waals surface area contributed by atoms with Gasteiger partial charge in [0.1, 0.15) is 17.2 Å². The zero-order valence-electron chi connectivity index (χ0n) is 32.8. The average Bonchev–Trinajstić information content (AvgIpc) is 3.89. The van der Waals surface area contributed by atoms with E-state index in [4.69, 9.17) is 14.7 Å². The summed E-state index contributed by atoms with van der Waals surface area (Å²) in [7, 11) is -1.79. The van der Waals surface area contributed by atoms with E-state index in [1.54, 1.807) is 13.3 Å². The second-order valence-electron chi connectivity index (χ2n) is 15.1. The third-order valence-electron chi connectivity index (χ3n) is 11.3. The summed E-state index contributed by atoms with van der Waals surface area (Å²) in [6.45, 7) is 4.91. The Bertz CT molecular complexity index is 2400. The van der Waals surface area contributed by atoms with Crippen molar-refractivity contribution < 1.29 is 22.7 Å². The van der Waals surface area contributed by atoms with Gasteiger partial charge in [-0.15, -0.1) is 0 Å². The van der Waals surface area contributed by atoms with Crippen LogP contribution in [-0.4, -0.2) is 93.9 Å². The molecule has 2 fully saturated rings. The van der Waals surface area contributed by atoms with E-state index in [1.807, 2.05) is 48.5 Å². The van der Waals surface area contributed by atoms with E-state index in [2.05, 4.69) is 54.7 Å². The zero-order chi connectivity index (χ0) is 40.2. The van der Waals surface area contributed by atoms with Crippen LogP contribution in [0, 0.1) is 0 Å². The van der Waals surface area contributed by atoms with Gasteiger partial charge in [-0.1, -0.05) is 36.4 Å². The Morgan fingerprint density at radius 1 is 0.879 bits per heavy atom. The Morgan fingerprint density at radius 3 is 2.48 bits per heavy atom. The molecule has 3 aromatic carbocycles. The second-order valence-corrected chi connectivity index (χ2v) is 17.0. The maximum absolute atomic E-state index is 12.6. The normalized spacial score (nSPS) is 17.4. The molecule has 5 aromatic rings. The van der Waals surface area contributed by atoms with Crippen LogP contribution in [0.4, 0.5) is 34.5 Å². The summed E-state index contributed by atoms with van der Waals surface area (Å²) in [5.74, 6) is 0.937. The molecule has 1 atom stereocenters. The number of imide groups is 1. The van der Waals surface area contributed by atoms with Gasteiger partial charge in [0.05, 0.1) is 41.7 Å². The van der Waals surface area contributed by atoms with Gasteiger partial charge < -0.3 is 35.9 Å². The Hall–Kier alpha value is -5.71. The number of rotatable bonds is 15. The highest BCUT2D eigenvalue weighted by atomic mass is 32.2. The molecule has 0 spiro atoms. The number of hydrogen-bond acceptors (Lipinski definition) is 12. The van der Waals surface area contributed by atoms with Crippen LogP contribution in [0.5, 0.6) is 5.75 Å². The second kappa shape index (κ2) is 17.0. The van der Waals surface area contributed by atoms with Crippen molar-refractivity contribution >= 4 is 67.4 Å². The van der Waals surface area contributed by atoms with E-state index in [0.29, 0.717) is 66.4 Å². The molecule has 0 radical (unpaired) electrons. The average molecular weight is 807 g/mol. The highest BCUT2D eigenvalue weighted by Gasteiger charge is 2.30. The van der Waals surface area contributed by atoms with Crippen molar-refractivity contribution in [3.8, 4) is 5.75 Å². The summed E-state index contributed by atoms with van der Waals surface area (Å²) in [4.78, 5) is 38.7. The molecule has 1 unspecified atom stereocenters. The molecule has 8 rings (SSSR count). The SMILES string of the molecule is COc1cc(N2CCC(NCCNCCc3ccc(C4CCC(=O)NC4=O)cc3)CC2)ccc1Nc1nc(Nc2cccc3c2N(S(C)(=O)=O)CC3)c2cc[nH]c2n1. The topological polar surface area (TPSA) is 186 Å². The van der Waals surface area contributed by atoms with Crippen LogP contribution < -0.4 is 40.5 Å². The molecule has 15 nitrogen and oxygen atoms in total. The quantitative estimate of drug-likeness (QED) is 0.0635. The number of carbonyl (C=O) groups excluding carboxylic acids is 2. The molecule has 2 aromatic heterocycles. The number of anilines is 6. The van der Waals surface area contributed by atoms with Crippen molar-refractivity contribution in [2.45, 2.75) is 50.5 Å². The predicted molar refractivity (Wildman–Crippen MR) is 227 cm³/mol. The first kappa shape index (κ1) is 39.1. The Labute approximate surface area is 338 Å². The first-order chi connectivity index (χ1) is 28.1. The number of fused-ring (bicyclic) bond motifs is 2. The number of benzene rings is 3. The van der Waals surface area contributed by atoms with Gasteiger partial charge in [0.25, 0.3) is 0 Å². The molecule has 6 N–H and O–H groups in total. The Kier molecular flexibility index (Phi) is 11.5. The standard InChI is InChI=1S/C42H50N10O5S/c1-57-36-26-31(51-23-17-30(18-24-51)44-22-21-43-19-14-27-6-8-28(9-7-27)32-11-13-37(53)48-41(32)54)10-12-34(36)47-42-49-39-33(15-20-45-39)40(50-42)46-35-5-3-4-29-16-25-52(38(29)35)58(2,55)56/h3-10,12,15,20,26,30,32,43-44H,11,13-14,16-19,21-25H2,1-2H3,(H,48,53,54)(H3,45,46,47,49,50). The number of piperidine rings is 2. The van der Waals surface area contributed by atoms with Crippen LogP contribution in [0.2, 0.25) is 0 Å². The van der Waals surface area contributed by atoms with E-state index in [-0.39, 0.29) is 17.7 Å². The molecule has 16 heteroatoms. The predicted octanol–water partition coefficient (Wildman–Crippen LogP) is 4.69. The number of ether oxygens (including phenoxy) is 1. The Balaban J connectivity index is 0.817. The van der Waals surface area contributed by atoms with E-state index in [9.17, 15) is 18.0 Å². The van der Waals surface area contributed by atoms with Crippen LogP contribution in [0.3, 0.4) is 0 Å². The molecule has 2 amide bonds. The molecular weight excluding hydrogens is 757 g/mol. The number of nitrogens with zero attached hydrogens (tertiary/aromatic N) is 4. The number of carbonyl (C=O) groups is 2. The lowest BCUT2D eigenvalue weighted by atomic mass is 9.90. The minimum absolute atomic E-state index is 0.189. The molecule has 304 valence electrons. The molecule has 58 heavy (non-hydrogen) atoms. The highest BCUT2D eigenvalue weighted by molar-refractivity contribution is 7.92. The molecular formula is C42H50N10O5S. The smallest absolute Gasteiger partial charge is 0.234 e. The minimum Gasteiger partial charge on any atom is -0.494 e. The molecule has 0 saturated carbocycles. The van der Waals surface area contributed by atoms with Crippen molar-refractivity contribution in [3.05, 3.63) is 89.6 Å². The third-order valence-corrected chi connectivity index (χ3v) is 12.4. The number of para-hydroxylation sites is 1. The maximum atomic E-state index is 12.6. The molecule has 0 aliphatic carbocycles. The zero-order valence-corrected chi connectivity index (χ0v) is 33.6. The molecule has 0 bridgehead atoms. The lowest BCUT2D eigenvalue weighted by molar-refractivity contribution is -0.134. The molecule has 5 heterocycles. The van der Waals surface area contributed by atoms with Gasteiger partial charge >= 0.3 is 0 Å². The summed E-state index contributed by atoms with van der Waals surface area (Å²) in [5, 5.41) is 17.2. The van der Waals surface area contributed by atoms with Gasteiger partial charge in [0.15, 0.2) is 0 Å². The maximum Gasteiger partial charge on any atom is 0.234 e. The minimum atomic E-state index is -3.45. The van der Waals surface area contributed by atoms with Crippen LogP contribution in [0.25, 0.3) is 11.0 Å². The molecule has 3 aliphatic heterocycles. The van der Waals surface area contributed by atoms with E-state index in [1.165, 1.54) is 16.1 Å². The van der Waals surface area contributed by atoms with Crippen LogP contribution >= 0.6 is 0 Å². The number of aromatic nitrogens is 3. The highest BCUT2D eigenvalue weighted by Crippen LogP contribution is 2.40. The Morgan fingerprint density at radius 2 is 1.71 bits per heavy atom. The fourth-order valence-electron chi connectivity index (χ4n) is 8.17. The number of H-pyrrole nitrogens is 1. The molecule has 3 aliphatic rings. The number of aromatic amines is 1. The van der Waals surface area contributed by atoms with Crippen molar-refractivity contribution in [2.75, 3.05) is 72.5 Å². The number of nitrogens with one attached hydrogen (secondary N) is 6. The number of methoxy groups -OCH3 is 1. The summed E-state index contributed by atoms with van der Waals surface area (Å²) in [5.41, 5.74) is 6.90. The van der Waals surface area contributed by atoms with Crippen molar-refractivity contribution in [1.29, 1.82) is 0 Å². The third kappa shape index (κ3) is 8.73. The van der Waals surface area contributed by atoms with E-state index >= 15 is 0 Å². The largest absolute Gasteiger partial charge is 0.494 e. The van der Waals surface area contributed by atoms with E-state index in [0.717, 1.165) is 79.9 Å². The van der Waals surface area contributed by atoms with Crippen LogP contribution in [0.15, 0.2) is 72.9 Å². The first-order valence-electron chi connectivity index (χ1n) is 19.9. The number of hydrogen-bond donors (Lipinski definition) is 6. The van der Waals surface area contributed by atoms with Gasteiger partial charge in [-0.25, -0.2) is 8.42 Å². The molecule has 2 saturated heterocycles. The van der Waals surface area contributed by atoms with Gasteiger partial charge in [0.2, 0.25) is 27.8 Å². The number of sulfonamides is 1. The first-order valence-corrected chi connectivity index (χ1v) is 21.8. The van der Waals surface area contributed by atoms with Crippen molar-refractivity contribution in [1.82, 2.24) is 30.9 Å². The van der Waals surface area contributed by atoms with Crippen molar-refractivity contribution in [2.24, 2.45) is 0 Å². The van der Waals surface area contributed by atoms with Crippen LogP contribution in [0.1, 0.15) is 48.3 Å². The van der Waals surface area contributed by atoms with Gasteiger partial charge in [-0.05, 0) is 79.6 Å². The fourth-order valence-corrected chi connectivity index (χ4v) is 9.14. The fraction of sp³-hybridized carbons (Fsp3) is 0.381. The summed E-state index contributed by atoms with van der Waals surface area (Å²) in [6, 6.07) is 22.4. The van der Waals surface area contributed by atoms with Gasteiger partial charge in [-0.2, -0.15) is 9.97 Å². The lowest BCUT2D eigenvalue weighted by Gasteiger charge is -2.34. The monoisotopic (exact) mass is 806 g/mol. The van der Waals surface area contributed by atoms with Crippen molar-refractivity contribution in [3.63, 3.8) is 0 Å². The summed E-state index contributed by atoms with van der Waals surface area (Å²) in [6.07, 6.45) is 7.61. The summed E-state index contributed by atoms with van der Waals surface area (Å²) < 4.78 is 32.5. The van der Waals surface area contributed by atoms with Crippen LogP contribution in [-0.2, 0) is 32.5 Å². The van der Waals surface area contributed by atoms with Gasteiger partial charge in [0, 0.05) is 63.1 Å². The van der Waals surface area contributed by atoms with Gasteiger partial charge in [-0.3, -0.25) is 19.2 Å². The number of amides is 2. The lowest BCUT2D eigenvalue weighted by Crippen LogP contribution is -2.44. The summed E-state index contributed by atoms with van der Waals surface area (Å²) >= 11 is 0.